The van der Waals surface area contributed by atoms with E-state index in [0.29, 0.717) is 6.54 Å². The minimum absolute atomic E-state index is 0.715. The van der Waals surface area contributed by atoms with E-state index in [1.807, 2.05) is 25.1 Å². The molecule has 0 fully saturated rings. The summed E-state index contributed by atoms with van der Waals surface area (Å²) < 4.78 is 5.19. The lowest BCUT2D eigenvalue weighted by atomic mass is 9.97. The molecule has 2 aromatic rings. The molecular weight excluding hydrogens is 324 g/mol. The summed E-state index contributed by atoms with van der Waals surface area (Å²) in [6, 6.07) is 10.0. The van der Waals surface area contributed by atoms with Crippen LogP contribution in [0, 0.1) is 6.92 Å². The first-order valence-electron chi connectivity index (χ1n) is 9.37. The first-order chi connectivity index (χ1) is 12.7. The molecule has 0 amide bonds. The molecule has 0 spiro atoms. The Hall–Kier alpha value is -2.56. The van der Waals surface area contributed by atoms with Gasteiger partial charge in [-0.25, -0.2) is 9.97 Å². The minimum Gasteiger partial charge on any atom is -0.497 e. The molecule has 0 saturated carbocycles. The van der Waals surface area contributed by atoms with Crippen molar-refractivity contribution in [2.24, 2.45) is 0 Å². The standard InChI is InChI=1S/C21H28N4O/c1-16-24-20(22-13-12-17-6-4-3-5-7-17)14-21(25-16)23-15-18-8-10-19(26-2)11-9-18/h6,8-11,14H,3-5,7,12-13,15H2,1-2H3,(H2,22,23,24,25). The Morgan fingerprint density at radius 2 is 1.81 bits per heavy atom. The van der Waals surface area contributed by atoms with Crippen LogP contribution in [0.5, 0.6) is 5.75 Å². The zero-order valence-electron chi connectivity index (χ0n) is 15.7. The predicted octanol–water partition coefficient (Wildman–Crippen LogP) is 4.71. The molecule has 0 radical (unpaired) electrons. The molecule has 138 valence electrons. The Kier molecular flexibility index (Phi) is 6.47. The lowest BCUT2D eigenvalue weighted by Crippen LogP contribution is -2.09. The Morgan fingerprint density at radius 3 is 2.50 bits per heavy atom. The zero-order valence-corrected chi connectivity index (χ0v) is 15.7. The molecule has 0 aliphatic heterocycles. The Bertz CT molecular complexity index is 740. The highest BCUT2D eigenvalue weighted by Gasteiger charge is 2.05. The monoisotopic (exact) mass is 352 g/mol. The molecule has 1 aliphatic carbocycles. The molecule has 5 heteroatoms. The van der Waals surface area contributed by atoms with E-state index in [9.17, 15) is 0 Å². The lowest BCUT2D eigenvalue weighted by Gasteiger charge is -2.14. The molecule has 2 N–H and O–H groups in total. The Balaban J connectivity index is 1.53. The van der Waals surface area contributed by atoms with Gasteiger partial charge in [0.25, 0.3) is 0 Å². The van der Waals surface area contributed by atoms with Crippen molar-refractivity contribution < 1.29 is 4.74 Å². The second-order valence-corrected chi connectivity index (χ2v) is 6.67. The summed E-state index contributed by atoms with van der Waals surface area (Å²) in [6.45, 7) is 3.56. The number of aryl methyl sites for hydroxylation is 1. The van der Waals surface area contributed by atoms with E-state index < -0.39 is 0 Å². The smallest absolute Gasteiger partial charge is 0.132 e. The van der Waals surface area contributed by atoms with E-state index >= 15 is 0 Å². The number of nitrogens with one attached hydrogen (secondary N) is 2. The fourth-order valence-electron chi connectivity index (χ4n) is 3.17. The number of allylic oxidation sites excluding steroid dienone is 1. The van der Waals surface area contributed by atoms with Crippen molar-refractivity contribution in [1.29, 1.82) is 0 Å². The van der Waals surface area contributed by atoms with Crippen LogP contribution in [-0.4, -0.2) is 23.6 Å². The molecule has 0 saturated heterocycles. The SMILES string of the molecule is COc1ccc(CNc2cc(NCCC3=CCCCC3)nc(C)n2)cc1. The molecule has 0 unspecified atom stereocenters. The van der Waals surface area contributed by atoms with Crippen molar-refractivity contribution in [3.05, 3.63) is 53.4 Å². The summed E-state index contributed by atoms with van der Waals surface area (Å²) in [5.41, 5.74) is 2.76. The summed E-state index contributed by atoms with van der Waals surface area (Å²) in [4.78, 5) is 8.98. The summed E-state index contributed by atoms with van der Waals surface area (Å²) >= 11 is 0. The van der Waals surface area contributed by atoms with Crippen LogP contribution in [0.3, 0.4) is 0 Å². The van der Waals surface area contributed by atoms with Gasteiger partial charge >= 0.3 is 0 Å². The fourth-order valence-corrected chi connectivity index (χ4v) is 3.17. The second kappa shape index (κ2) is 9.22. The predicted molar refractivity (Wildman–Crippen MR) is 107 cm³/mol. The number of methoxy groups -OCH3 is 1. The van der Waals surface area contributed by atoms with Crippen molar-refractivity contribution >= 4 is 11.6 Å². The van der Waals surface area contributed by atoms with E-state index in [0.717, 1.165) is 36.2 Å². The van der Waals surface area contributed by atoms with Crippen LogP contribution in [-0.2, 0) is 6.54 Å². The van der Waals surface area contributed by atoms with E-state index in [4.69, 9.17) is 4.74 Å². The number of aromatic nitrogens is 2. The maximum Gasteiger partial charge on any atom is 0.132 e. The van der Waals surface area contributed by atoms with Gasteiger partial charge in [-0.1, -0.05) is 23.8 Å². The Labute approximate surface area is 155 Å². The van der Waals surface area contributed by atoms with Gasteiger partial charge in [0, 0.05) is 19.2 Å². The van der Waals surface area contributed by atoms with Crippen LogP contribution in [0.4, 0.5) is 11.6 Å². The van der Waals surface area contributed by atoms with Crippen molar-refractivity contribution in [1.82, 2.24) is 9.97 Å². The van der Waals surface area contributed by atoms with E-state index in [-0.39, 0.29) is 0 Å². The molecule has 1 aliphatic rings. The first kappa shape index (κ1) is 18.2. The van der Waals surface area contributed by atoms with Gasteiger partial charge in [0.2, 0.25) is 0 Å². The molecule has 1 heterocycles. The number of benzene rings is 1. The largest absolute Gasteiger partial charge is 0.497 e. The summed E-state index contributed by atoms with van der Waals surface area (Å²) in [6.07, 6.45) is 8.65. The maximum absolute atomic E-state index is 5.19. The van der Waals surface area contributed by atoms with Gasteiger partial charge in [0.15, 0.2) is 0 Å². The topological polar surface area (TPSA) is 59.1 Å². The normalized spacial score (nSPS) is 13.8. The van der Waals surface area contributed by atoms with Gasteiger partial charge in [-0.15, -0.1) is 0 Å². The molecule has 1 aromatic heterocycles. The molecule has 26 heavy (non-hydrogen) atoms. The number of hydrogen-bond acceptors (Lipinski definition) is 5. The second-order valence-electron chi connectivity index (χ2n) is 6.67. The molecule has 1 aromatic carbocycles. The Morgan fingerprint density at radius 1 is 1.04 bits per heavy atom. The minimum atomic E-state index is 0.715. The fraction of sp³-hybridized carbons (Fsp3) is 0.429. The van der Waals surface area contributed by atoms with Crippen LogP contribution in [0.25, 0.3) is 0 Å². The van der Waals surface area contributed by atoms with Gasteiger partial charge in [0.05, 0.1) is 7.11 Å². The molecule has 5 nitrogen and oxygen atoms in total. The quantitative estimate of drug-likeness (QED) is 0.674. The van der Waals surface area contributed by atoms with Crippen molar-refractivity contribution in [3.63, 3.8) is 0 Å². The van der Waals surface area contributed by atoms with Crippen molar-refractivity contribution in [3.8, 4) is 5.75 Å². The van der Waals surface area contributed by atoms with E-state index in [2.05, 4.69) is 38.8 Å². The molecule has 3 rings (SSSR count). The lowest BCUT2D eigenvalue weighted by molar-refractivity contribution is 0.414. The average molecular weight is 352 g/mol. The van der Waals surface area contributed by atoms with Crippen molar-refractivity contribution in [2.45, 2.75) is 45.6 Å². The number of ether oxygens (including phenoxy) is 1. The first-order valence-corrected chi connectivity index (χ1v) is 9.37. The highest BCUT2D eigenvalue weighted by molar-refractivity contribution is 5.48. The third kappa shape index (κ3) is 5.48. The number of hydrogen-bond donors (Lipinski definition) is 2. The van der Waals surface area contributed by atoms with Gasteiger partial charge in [-0.05, 0) is 56.7 Å². The van der Waals surface area contributed by atoms with E-state index in [1.165, 1.54) is 31.2 Å². The van der Waals surface area contributed by atoms with Gasteiger partial charge in [-0.3, -0.25) is 0 Å². The summed E-state index contributed by atoms with van der Waals surface area (Å²) in [5, 5.41) is 6.81. The highest BCUT2D eigenvalue weighted by atomic mass is 16.5. The van der Waals surface area contributed by atoms with Crippen LogP contribution < -0.4 is 15.4 Å². The molecule has 0 bridgehead atoms. The van der Waals surface area contributed by atoms with Gasteiger partial charge in [0.1, 0.15) is 23.2 Å². The maximum atomic E-state index is 5.19. The average Bonchev–Trinajstić information content (AvgIpc) is 2.67. The van der Waals surface area contributed by atoms with Crippen LogP contribution in [0.1, 0.15) is 43.5 Å². The zero-order chi connectivity index (χ0) is 18.2. The van der Waals surface area contributed by atoms with Gasteiger partial charge in [-0.2, -0.15) is 0 Å². The number of nitrogens with zero attached hydrogens (tertiary/aromatic N) is 2. The summed E-state index contributed by atoms with van der Waals surface area (Å²) in [7, 11) is 1.68. The highest BCUT2D eigenvalue weighted by Crippen LogP contribution is 2.20. The third-order valence-corrected chi connectivity index (χ3v) is 4.61. The summed E-state index contributed by atoms with van der Waals surface area (Å²) in [5.74, 6) is 3.36. The van der Waals surface area contributed by atoms with Gasteiger partial charge < -0.3 is 15.4 Å². The van der Waals surface area contributed by atoms with Crippen LogP contribution in [0.2, 0.25) is 0 Å². The van der Waals surface area contributed by atoms with Crippen LogP contribution in [0.15, 0.2) is 42.0 Å². The van der Waals surface area contributed by atoms with E-state index in [1.54, 1.807) is 12.7 Å². The number of rotatable bonds is 8. The van der Waals surface area contributed by atoms with Crippen LogP contribution >= 0.6 is 0 Å². The molecular formula is C21H28N4O. The number of anilines is 2. The third-order valence-electron chi connectivity index (χ3n) is 4.61. The van der Waals surface area contributed by atoms with Crippen molar-refractivity contribution in [2.75, 3.05) is 24.3 Å². The molecule has 0 atom stereocenters.